The van der Waals surface area contributed by atoms with Gasteiger partial charge in [0, 0.05) is 5.69 Å². The largest absolute Gasteiger partial charge is 0.360 e. The van der Waals surface area contributed by atoms with E-state index in [1.165, 1.54) is 6.33 Å². The van der Waals surface area contributed by atoms with E-state index in [0.717, 1.165) is 5.69 Å². The SMILES string of the molecule is Cc1noc(C)c1S(=O)(=O)Nc1ccc(-n2cncn2)cc1. The van der Waals surface area contributed by atoms with Crippen molar-refractivity contribution in [3.63, 3.8) is 0 Å². The van der Waals surface area contributed by atoms with Gasteiger partial charge in [-0.1, -0.05) is 5.16 Å². The van der Waals surface area contributed by atoms with Crippen molar-refractivity contribution in [1.82, 2.24) is 19.9 Å². The van der Waals surface area contributed by atoms with E-state index in [4.69, 9.17) is 4.52 Å². The third-order valence-electron chi connectivity index (χ3n) is 3.04. The number of hydrogen-bond acceptors (Lipinski definition) is 6. The quantitative estimate of drug-likeness (QED) is 0.784. The van der Waals surface area contributed by atoms with Crippen molar-refractivity contribution in [2.75, 3.05) is 4.72 Å². The number of aryl methyl sites for hydroxylation is 2. The zero-order valence-corrected chi connectivity index (χ0v) is 12.7. The second-order valence-electron chi connectivity index (χ2n) is 4.65. The lowest BCUT2D eigenvalue weighted by atomic mass is 10.3. The minimum atomic E-state index is -3.74. The Morgan fingerprint density at radius 1 is 1.18 bits per heavy atom. The molecule has 0 aliphatic heterocycles. The number of aromatic nitrogens is 4. The van der Waals surface area contributed by atoms with Crippen molar-refractivity contribution in [2.45, 2.75) is 18.7 Å². The molecule has 114 valence electrons. The third-order valence-corrected chi connectivity index (χ3v) is 4.66. The molecule has 0 bridgehead atoms. The van der Waals surface area contributed by atoms with Gasteiger partial charge >= 0.3 is 0 Å². The minimum absolute atomic E-state index is 0.0628. The lowest BCUT2D eigenvalue weighted by Crippen LogP contribution is -2.14. The Bertz CT molecular complexity index is 863. The van der Waals surface area contributed by atoms with Crippen LogP contribution < -0.4 is 4.72 Å². The average molecular weight is 319 g/mol. The highest BCUT2D eigenvalue weighted by Gasteiger charge is 2.24. The van der Waals surface area contributed by atoms with Gasteiger partial charge in [-0.25, -0.2) is 18.1 Å². The first-order chi connectivity index (χ1) is 10.5. The van der Waals surface area contributed by atoms with Crippen LogP contribution in [0.4, 0.5) is 5.69 Å². The van der Waals surface area contributed by atoms with Gasteiger partial charge < -0.3 is 4.52 Å². The molecule has 0 spiro atoms. The first-order valence-corrected chi connectivity index (χ1v) is 7.86. The summed E-state index contributed by atoms with van der Waals surface area (Å²) in [6.45, 7) is 3.14. The number of rotatable bonds is 4. The Balaban J connectivity index is 1.87. The molecule has 3 aromatic rings. The maximum Gasteiger partial charge on any atom is 0.267 e. The van der Waals surface area contributed by atoms with E-state index >= 15 is 0 Å². The molecule has 0 unspecified atom stereocenters. The molecule has 1 N–H and O–H groups in total. The predicted octanol–water partition coefficient (Wildman–Crippen LogP) is 1.67. The van der Waals surface area contributed by atoms with Crippen LogP contribution in [0.5, 0.6) is 0 Å². The number of sulfonamides is 1. The summed E-state index contributed by atoms with van der Waals surface area (Å²) in [4.78, 5) is 3.92. The summed E-state index contributed by atoms with van der Waals surface area (Å²) in [6, 6.07) is 6.76. The molecular formula is C13H13N5O3S. The molecule has 0 aliphatic rings. The third kappa shape index (κ3) is 2.58. The van der Waals surface area contributed by atoms with E-state index < -0.39 is 10.0 Å². The molecule has 3 rings (SSSR count). The Kier molecular flexibility index (Phi) is 3.41. The number of benzene rings is 1. The van der Waals surface area contributed by atoms with E-state index in [0.29, 0.717) is 11.4 Å². The molecule has 0 fully saturated rings. The summed E-state index contributed by atoms with van der Waals surface area (Å²) in [5, 5.41) is 7.66. The lowest BCUT2D eigenvalue weighted by Gasteiger charge is -2.08. The second-order valence-corrected chi connectivity index (χ2v) is 6.26. The van der Waals surface area contributed by atoms with Gasteiger partial charge in [0.2, 0.25) is 0 Å². The van der Waals surface area contributed by atoms with Gasteiger partial charge in [-0.05, 0) is 38.1 Å². The Morgan fingerprint density at radius 3 is 2.45 bits per heavy atom. The fourth-order valence-corrected chi connectivity index (χ4v) is 3.48. The highest BCUT2D eigenvalue weighted by molar-refractivity contribution is 7.92. The van der Waals surface area contributed by atoms with Crippen LogP contribution in [0.1, 0.15) is 11.5 Å². The molecule has 0 radical (unpaired) electrons. The summed E-state index contributed by atoms with van der Waals surface area (Å²) in [5.74, 6) is 0.254. The maximum atomic E-state index is 12.4. The van der Waals surface area contributed by atoms with Crippen LogP contribution in [0.15, 0.2) is 46.3 Å². The van der Waals surface area contributed by atoms with Crippen LogP contribution in [0.3, 0.4) is 0 Å². The van der Waals surface area contributed by atoms with Crippen LogP contribution >= 0.6 is 0 Å². The van der Waals surface area contributed by atoms with Crippen LogP contribution in [-0.4, -0.2) is 28.3 Å². The van der Waals surface area contributed by atoms with Gasteiger partial charge in [-0.15, -0.1) is 0 Å². The molecule has 0 atom stereocenters. The fraction of sp³-hybridized carbons (Fsp3) is 0.154. The summed E-state index contributed by atoms with van der Waals surface area (Å²) >= 11 is 0. The molecular weight excluding hydrogens is 306 g/mol. The molecule has 0 amide bonds. The Hall–Kier alpha value is -2.68. The highest BCUT2D eigenvalue weighted by atomic mass is 32.2. The van der Waals surface area contributed by atoms with Crippen molar-refractivity contribution in [1.29, 1.82) is 0 Å². The number of nitrogens with zero attached hydrogens (tertiary/aromatic N) is 4. The Morgan fingerprint density at radius 2 is 1.91 bits per heavy atom. The van der Waals surface area contributed by atoms with Crippen molar-refractivity contribution in [3.8, 4) is 5.69 Å². The molecule has 0 saturated carbocycles. The van der Waals surface area contributed by atoms with E-state index in [9.17, 15) is 8.42 Å². The smallest absolute Gasteiger partial charge is 0.267 e. The van der Waals surface area contributed by atoms with Gasteiger partial charge in [-0.3, -0.25) is 4.72 Å². The van der Waals surface area contributed by atoms with E-state index in [1.54, 1.807) is 49.1 Å². The summed E-state index contributed by atoms with van der Waals surface area (Å²) in [7, 11) is -3.74. The number of hydrogen-bond donors (Lipinski definition) is 1. The van der Waals surface area contributed by atoms with Gasteiger partial charge in [0.25, 0.3) is 10.0 Å². The molecule has 2 heterocycles. The van der Waals surface area contributed by atoms with Gasteiger partial charge in [0.15, 0.2) is 10.7 Å². The first-order valence-electron chi connectivity index (χ1n) is 6.38. The summed E-state index contributed by atoms with van der Waals surface area (Å²) in [6.07, 6.45) is 2.98. The normalized spacial score (nSPS) is 11.5. The van der Waals surface area contributed by atoms with Crippen molar-refractivity contribution in [3.05, 3.63) is 48.4 Å². The van der Waals surface area contributed by atoms with Crippen molar-refractivity contribution >= 4 is 15.7 Å². The Labute approximate surface area is 126 Å². The van der Waals surface area contributed by atoms with E-state index in [2.05, 4.69) is 20.0 Å². The second kappa shape index (κ2) is 5.26. The van der Waals surface area contributed by atoms with Crippen LogP contribution in [0, 0.1) is 13.8 Å². The topological polar surface area (TPSA) is 103 Å². The van der Waals surface area contributed by atoms with Crippen molar-refractivity contribution in [2.24, 2.45) is 0 Å². The van der Waals surface area contributed by atoms with E-state index in [1.807, 2.05) is 0 Å². The molecule has 9 heteroatoms. The first kappa shape index (κ1) is 14.3. The van der Waals surface area contributed by atoms with E-state index in [-0.39, 0.29) is 10.7 Å². The van der Waals surface area contributed by atoms with Crippen molar-refractivity contribution < 1.29 is 12.9 Å². The van der Waals surface area contributed by atoms with Crippen LogP contribution in [0.25, 0.3) is 5.69 Å². The van der Waals surface area contributed by atoms with Gasteiger partial charge in [-0.2, -0.15) is 5.10 Å². The average Bonchev–Trinajstić information content (AvgIpc) is 3.09. The zero-order chi connectivity index (χ0) is 15.7. The van der Waals surface area contributed by atoms with Crippen LogP contribution in [-0.2, 0) is 10.0 Å². The predicted molar refractivity (Wildman–Crippen MR) is 78.1 cm³/mol. The standard InChI is InChI=1S/C13H13N5O3S/c1-9-13(10(2)21-16-9)22(19,20)17-11-3-5-12(6-4-11)18-8-14-7-15-18/h3-8,17H,1-2H3. The summed E-state index contributed by atoms with van der Waals surface area (Å²) in [5.41, 5.74) is 1.53. The lowest BCUT2D eigenvalue weighted by molar-refractivity contribution is 0.390. The molecule has 0 aliphatic carbocycles. The monoisotopic (exact) mass is 319 g/mol. The number of anilines is 1. The number of nitrogens with one attached hydrogen (secondary N) is 1. The highest BCUT2D eigenvalue weighted by Crippen LogP contribution is 2.22. The van der Waals surface area contributed by atoms with Gasteiger partial charge in [0.1, 0.15) is 18.3 Å². The van der Waals surface area contributed by atoms with Crippen LogP contribution in [0.2, 0.25) is 0 Å². The molecule has 8 nitrogen and oxygen atoms in total. The molecule has 2 aromatic heterocycles. The molecule has 0 saturated heterocycles. The zero-order valence-electron chi connectivity index (χ0n) is 11.9. The summed E-state index contributed by atoms with van der Waals surface area (Å²) < 4.78 is 33.7. The maximum absolute atomic E-state index is 12.4. The molecule has 22 heavy (non-hydrogen) atoms. The fourth-order valence-electron chi connectivity index (χ4n) is 2.09. The van der Waals surface area contributed by atoms with Gasteiger partial charge in [0.05, 0.1) is 5.69 Å². The molecule has 1 aromatic carbocycles. The minimum Gasteiger partial charge on any atom is -0.360 e.